The number of rotatable bonds is 7. The number of hydrogen-bond donors (Lipinski definition) is 0. The molecular weight excluding hydrogens is 224 g/mol. The third kappa shape index (κ3) is 4.64. The second-order valence-corrected chi connectivity index (χ2v) is 5.65. The fraction of sp³-hybridized carbons (Fsp3) is 0.875. The van der Waals surface area contributed by atoms with Crippen molar-refractivity contribution >= 4 is 0 Å². The van der Waals surface area contributed by atoms with Crippen molar-refractivity contribution in [3.63, 3.8) is 0 Å². The lowest BCUT2D eigenvalue weighted by Crippen LogP contribution is -2.29. The Bertz CT molecular complexity index is 260. The summed E-state index contributed by atoms with van der Waals surface area (Å²) in [6.07, 6.45) is 16.4. The van der Waals surface area contributed by atoms with E-state index < -0.39 is 0 Å². The van der Waals surface area contributed by atoms with Crippen LogP contribution in [-0.2, 0) is 9.47 Å². The molecule has 1 fully saturated rings. The summed E-state index contributed by atoms with van der Waals surface area (Å²) in [5.41, 5.74) is 0. The van der Waals surface area contributed by atoms with Gasteiger partial charge in [-0.1, -0.05) is 32.6 Å². The van der Waals surface area contributed by atoms with Crippen molar-refractivity contribution in [1.29, 1.82) is 0 Å². The van der Waals surface area contributed by atoms with Gasteiger partial charge in [-0.25, -0.2) is 0 Å². The lowest BCUT2D eigenvalue weighted by molar-refractivity contribution is -0.176. The zero-order valence-electron chi connectivity index (χ0n) is 11.8. The topological polar surface area (TPSA) is 18.5 Å². The van der Waals surface area contributed by atoms with Gasteiger partial charge in [0.15, 0.2) is 6.29 Å². The molecule has 0 aromatic rings. The molecule has 0 amide bonds. The van der Waals surface area contributed by atoms with Gasteiger partial charge in [0.1, 0.15) is 0 Å². The van der Waals surface area contributed by atoms with E-state index in [1.807, 2.05) is 0 Å². The van der Waals surface area contributed by atoms with Gasteiger partial charge in [-0.2, -0.15) is 0 Å². The zero-order valence-corrected chi connectivity index (χ0v) is 11.8. The number of ether oxygens (including phenoxy) is 2. The highest BCUT2D eigenvalue weighted by atomic mass is 16.7. The molecule has 1 aliphatic carbocycles. The molecule has 0 saturated carbocycles. The molecule has 0 aromatic heterocycles. The minimum Gasteiger partial charge on any atom is -0.470 e. The summed E-state index contributed by atoms with van der Waals surface area (Å²) in [4.78, 5) is 0. The Balaban J connectivity index is 1.64. The first kappa shape index (κ1) is 13.9. The van der Waals surface area contributed by atoms with E-state index in [4.69, 9.17) is 9.47 Å². The molecule has 0 unspecified atom stereocenters. The molecule has 0 N–H and O–H groups in total. The normalized spacial score (nSPS) is 28.2. The zero-order chi connectivity index (χ0) is 12.6. The van der Waals surface area contributed by atoms with Crippen LogP contribution in [0.4, 0.5) is 0 Å². The van der Waals surface area contributed by atoms with Crippen LogP contribution in [0.15, 0.2) is 11.8 Å². The Morgan fingerprint density at radius 3 is 2.94 bits per heavy atom. The summed E-state index contributed by atoms with van der Waals surface area (Å²) in [5, 5.41) is 0. The molecule has 2 aliphatic rings. The van der Waals surface area contributed by atoms with Crippen LogP contribution < -0.4 is 0 Å². The lowest BCUT2D eigenvalue weighted by atomic mass is 10.0. The maximum absolute atomic E-state index is 6.07. The van der Waals surface area contributed by atoms with E-state index in [1.54, 1.807) is 0 Å². The Kier molecular flexibility index (Phi) is 6.06. The van der Waals surface area contributed by atoms with Crippen molar-refractivity contribution in [1.82, 2.24) is 0 Å². The SMILES string of the molecule is CCCCCC[C@H]1CCC[C@@H](OC2=CCCC2)O1. The second kappa shape index (κ2) is 7.83. The van der Waals surface area contributed by atoms with Crippen molar-refractivity contribution in [3.05, 3.63) is 11.8 Å². The smallest absolute Gasteiger partial charge is 0.199 e. The van der Waals surface area contributed by atoms with E-state index in [1.165, 1.54) is 63.5 Å². The first-order chi connectivity index (χ1) is 8.88. The predicted molar refractivity (Wildman–Crippen MR) is 74.3 cm³/mol. The van der Waals surface area contributed by atoms with Crippen molar-refractivity contribution in [3.8, 4) is 0 Å². The van der Waals surface area contributed by atoms with Gasteiger partial charge in [0.25, 0.3) is 0 Å². The Morgan fingerprint density at radius 1 is 1.22 bits per heavy atom. The number of allylic oxidation sites excluding steroid dienone is 2. The largest absolute Gasteiger partial charge is 0.470 e. The molecule has 0 radical (unpaired) electrons. The predicted octanol–water partition coefficient (Wildman–Crippen LogP) is 4.94. The monoisotopic (exact) mass is 252 g/mol. The Hall–Kier alpha value is -0.500. The van der Waals surface area contributed by atoms with Crippen LogP contribution in [-0.4, -0.2) is 12.4 Å². The molecule has 2 nitrogen and oxygen atoms in total. The number of hydrogen-bond acceptors (Lipinski definition) is 2. The van der Waals surface area contributed by atoms with Gasteiger partial charge in [0.05, 0.1) is 11.9 Å². The van der Waals surface area contributed by atoms with E-state index >= 15 is 0 Å². The average molecular weight is 252 g/mol. The first-order valence-electron chi connectivity index (χ1n) is 7.89. The Morgan fingerprint density at radius 2 is 2.17 bits per heavy atom. The molecule has 0 aromatic carbocycles. The van der Waals surface area contributed by atoms with E-state index in [0.29, 0.717) is 6.10 Å². The van der Waals surface area contributed by atoms with Crippen LogP contribution in [0.2, 0.25) is 0 Å². The minimum atomic E-state index is 0.0410. The quantitative estimate of drug-likeness (QED) is 0.598. The van der Waals surface area contributed by atoms with Gasteiger partial charge < -0.3 is 9.47 Å². The van der Waals surface area contributed by atoms with Crippen LogP contribution >= 0.6 is 0 Å². The third-order valence-electron chi connectivity index (χ3n) is 3.97. The van der Waals surface area contributed by atoms with Crippen molar-refractivity contribution in [2.24, 2.45) is 0 Å². The van der Waals surface area contributed by atoms with E-state index in [9.17, 15) is 0 Å². The summed E-state index contributed by atoms with van der Waals surface area (Å²) in [7, 11) is 0. The fourth-order valence-electron chi connectivity index (χ4n) is 2.88. The number of unbranched alkanes of at least 4 members (excludes halogenated alkanes) is 3. The summed E-state index contributed by atoms with van der Waals surface area (Å²) in [6.45, 7) is 2.26. The van der Waals surface area contributed by atoms with Gasteiger partial charge in [0, 0.05) is 12.8 Å². The highest BCUT2D eigenvalue weighted by Gasteiger charge is 2.24. The van der Waals surface area contributed by atoms with Crippen molar-refractivity contribution in [2.45, 2.75) is 89.9 Å². The van der Waals surface area contributed by atoms with Crippen LogP contribution in [0.5, 0.6) is 0 Å². The molecular formula is C16H28O2. The molecule has 2 rings (SSSR count). The van der Waals surface area contributed by atoms with E-state index in [2.05, 4.69) is 13.0 Å². The van der Waals surface area contributed by atoms with E-state index in [-0.39, 0.29) is 6.29 Å². The molecule has 18 heavy (non-hydrogen) atoms. The maximum Gasteiger partial charge on any atom is 0.199 e. The third-order valence-corrected chi connectivity index (χ3v) is 3.97. The molecule has 0 spiro atoms. The van der Waals surface area contributed by atoms with Crippen LogP contribution in [0.3, 0.4) is 0 Å². The molecule has 1 aliphatic heterocycles. The molecule has 2 heteroatoms. The lowest BCUT2D eigenvalue weighted by Gasteiger charge is -2.30. The maximum atomic E-state index is 6.07. The van der Waals surface area contributed by atoms with Crippen LogP contribution in [0.1, 0.15) is 77.6 Å². The van der Waals surface area contributed by atoms with Crippen LogP contribution in [0.25, 0.3) is 0 Å². The van der Waals surface area contributed by atoms with Crippen molar-refractivity contribution in [2.75, 3.05) is 0 Å². The summed E-state index contributed by atoms with van der Waals surface area (Å²) < 4.78 is 12.0. The van der Waals surface area contributed by atoms with Gasteiger partial charge >= 0.3 is 0 Å². The summed E-state index contributed by atoms with van der Waals surface area (Å²) in [5.74, 6) is 1.17. The highest BCUT2D eigenvalue weighted by molar-refractivity contribution is 4.99. The van der Waals surface area contributed by atoms with E-state index in [0.717, 1.165) is 12.8 Å². The van der Waals surface area contributed by atoms with Crippen LogP contribution in [0, 0.1) is 0 Å². The highest BCUT2D eigenvalue weighted by Crippen LogP contribution is 2.28. The molecule has 1 saturated heterocycles. The second-order valence-electron chi connectivity index (χ2n) is 5.65. The van der Waals surface area contributed by atoms with Gasteiger partial charge in [-0.05, 0) is 38.2 Å². The fourth-order valence-corrected chi connectivity index (χ4v) is 2.88. The van der Waals surface area contributed by atoms with Gasteiger partial charge in [-0.3, -0.25) is 0 Å². The summed E-state index contributed by atoms with van der Waals surface area (Å²) >= 11 is 0. The molecule has 2 atom stereocenters. The van der Waals surface area contributed by atoms with Gasteiger partial charge in [-0.15, -0.1) is 0 Å². The molecule has 1 heterocycles. The standard InChI is InChI=1S/C16H28O2/c1-2-3-4-5-9-15-12-8-13-16(18-15)17-14-10-6-7-11-14/h10,15-16H,2-9,11-13H2,1H3/t15-,16-/m0/s1. The minimum absolute atomic E-state index is 0.0410. The van der Waals surface area contributed by atoms with Gasteiger partial charge in [0.2, 0.25) is 0 Å². The van der Waals surface area contributed by atoms with Crippen molar-refractivity contribution < 1.29 is 9.47 Å². The average Bonchev–Trinajstić information content (AvgIpc) is 2.88. The summed E-state index contributed by atoms with van der Waals surface area (Å²) in [6, 6.07) is 0. The molecule has 104 valence electrons. The first-order valence-corrected chi connectivity index (χ1v) is 7.89. The Labute approximate surface area is 112 Å². The molecule has 0 bridgehead atoms.